The number of benzene rings is 2. The Morgan fingerprint density at radius 1 is 1.15 bits per heavy atom. The number of carbonyl (C=O) groups is 1. The second kappa shape index (κ2) is 11.4. The Kier molecular flexibility index (Phi) is 7.96. The molecular formula is C31H29BrN2O5S. The van der Waals surface area contributed by atoms with Crippen LogP contribution in [0.2, 0.25) is 0 Å². The normalized spacial score (nSPS) is 15.3. The zero-order valence-electron chi connectivity index (χ0n) is 22.9. The average molecular weight is 622 g/mol. The fourth-order valence-electron chi connectivity index (χ4n) is 4.63. The molecule has 7 nitrogen and oxygen atoms in total. The minimum Gasteiger partial charge on any atom is -0.491 e. The maximum absolute atomic E-state index is 13.8. The average Bonchev–Trinajstić information content (AvgIpc) is 3.47. The number of hydrogen-bond acceptors (Lipinski definition) is 7. The molecule has 206 valence electrons. The summed E-state index contributed by atoms with van der Waals surface area (Å²) in [6, 6.07) is 16.5. The first-order valence-corrected chi connectivity index (χ1v) is 14.6. The first-order valence-electron chi connectivity index (χ1n) is 13.0. The number of aromatic nitrogens is 1. The van der Waals surface area contributed by atoms with Gasteiger partial charge in [0.15, 0.2) is 4.80 Å². The standard InChI is InChI=1S/C31H29BrN2O5S/c1-6-37-30(36)27-19(5)33-31-34(28(27)20-8-10-21(11-9-20)38-17(2)3)29(35)26(40-31)16-22-12-14-25(39-22)23-13-7-18(4)15-24(23)32/h7-17,28H,6H2,1-5H3/b26-16-/t28-/m1/s1. The maximum Gasteiger partial charge on any atom is 0.338 e. The van der Waals surface area contributed by atoms with Gasteiger partial charge in [0.1, 0.15) is 17.3 Å². The lowest BCUT2D eigenvalue weighted by atomic mass is 9.96. The molecule has 0 radical (unpaired) electrons. The van der Waals surface area contributed by atoms with Crippen LogP contribution in [0.15, 0.2) is 84.5 Å². The van der Waals surface area contributed by atoms with Gasteiger partial charge in [-0.2, -0.15) is 0 Å². The van der Waals surface area contributed by atoms with Gasteiger partial charge in [-0.05, 0) is 82.1 Å². The van der Waals surface area contributed by atoms with E-state index in [4.69, 9.17) is 13.9 Å². The van der Waals surface area contributed by atoms with Crippen molar-refractivity contribution in [3.63, 3.8) is 0 Å². The van der Waals surface area contributed by atoms with Crippen LogP contribution in [-0.4, -0.2) is 23.2 Å². The van der Waals surface area contributed by atoms with Crippen molar-refractivity contribution in [1.29, 1.82) is 0 Å². The molecule has 1 atom stereocenters. The number of hydrogen-bond donors (Lipinski definition) is 0. The number of carbonyl (C=O) groups excluding carboxylic acids is 1. The molecule has 1 aliphatic rings. The van der Waals surface area contributed by atoms with Crippen LogP contribution in [0.1, 0.15) is 50.6 Å². The molecule has 0 N–H and O–H groups in total. The third-order valence-electron chi connectivity index (χ3n) is 6.37. The molecule has 0 spiro atoms. The predicted octanol–water partition coefficient (Wildman–Crippen LogP) is 5.92. The molecule has 2 aromatic heterocycles. The highest BCUT2D eigenvalue weighted by Gasteiger charge is 2.33. The van der Waals surface area contributed by atoms with Crippen LogP contribution in [-0.2, 0) is 9.53 Å². The molecule has 0 saturated heterocycles. The third-order valence-corrected chi connectivity index (χ3v) is 8.01. The van der Waals surface area contributed by atoms with E-state index >= 15 is 0 Å². The largest absolute Gasteiger partial charge is 0.491 e. The van der Waals surface area contributed by atoms with Gasteiger partial charge in [-0.3, -0.25) is 9.36 Å². The number of nitrogens with zero attached hydrogens (tertiary/aromatic N) is 2. The van der Waals surface area contributed by atoms with E-state index in [2.05, 4.69) is 20.9 Å². The van der Waals surface area contributed by atoms with E-state index in [9.17, 15) is 9.59 Å². The maximum atomic E-state index is 13.8. The van der Waals surface area contributed by atoms with E-state index in [0.717, 1.165) is 21.2 Å². The monoisotopic (exact) mass is 620 g/mol. The summed E-state index contributed by atoms with van der Waals surface area (Å²) < 4.78 is 20.2. The molecule has 40 heavy (non-hydrogen) atoms. The molecule has 0 saturated carbocycles. The Morgan fingerprint density at radius 3 is 2.58 bits per heavy atom. The van der Waals surface area contributed by atoms with Crippen molar-refractivity contribution in [3.05, 3.63) is 107 Å². The van der Waals surface area contributed by atoms with Crippen molar-refractivity contribution in [2.24, 2.45) is 4.99 Å². The van der Waals surface area contributed by atoms with Gasteiger partial charge < -0.3 is 13.9 Å². The number of furan rings is 1. The Morgan fingerprint density at radius 2 is 1.90 bits per heavy atom. The molecule has 3 heterocycles. The van der Waals surface area contributed by atoms with Gasteiger partial charge in [-0.1, -0.05) is 45.5 Å². The van der Waals surface area contributed by atoms with Crippen molar-refractivity contribution in [1.82, 2.24) is 4.57 Å². The fourth-order valence-corrected chi connectivity index (χ4v) is 6.35. The summed E-state index contributed by atoms with van der Waals surface area (Å²) in [5, 5.41) is 0. The predicted molar refractivity (Wildman–Crippen MR) is 159 cm³/mol. The van der Waals surface area contributed by atoms with Gasteiger partial charge in [-0.25, -0.2) is 9.79 Å². The van der Waals surface area contributed by atoms with Crippen LogP contribution in [0.3, 0.4) is 0 Å². The van der Waals surface area contributed by atoms with Gasteiger partial charge >= 0.3 is 5.97 Å². The van der Waals surface area contributed by atoms with Crippen molar-refractivity contribution < 1.29 is 18.7 Å². The van der Waals surface area contributed by atoms with Crippen LogP contribution in [0.5, 0.6) is 5.75 Å². The van der Waals surface area contributed by atoms with E-state index in [-0.39, 0.29) is 18.3 Å². The van der Waals surface area contributed by atoms with Crippen molar-refractivity contribution >= 4 is 39.3 Å². The molecule has 0 aliphatic carbocycles. The smallest absolute Gasteiger partial charge is 0.338 e. The number of rotatable bonds is 7. The number of ether oxygens (including phenoxy) is 2. The van der Waals surface area contributed by atoms with Crippen molar-refractivity contribution in [2.75, 3.05) is 6.61 Å². The van der Waals surface area contributed by atoms with Gasteiger partial charge in [0.25, 0.3) is 5.56 Å². The summed E-state index contributed by atoms with van der Waals surface area (Å²) in [7, 11) is 0. The number of aryl methyl sites for hydroxylation is 1. The lowest BCUT2D eigenvalue weighted by molar-refractivity contribution is -0.139. The molecule has 1 aliphatic heterocycles. The van der Waals surface area contributed by atoms with E-state index in [1.54, 1.807) is 24.5 Å². The Bertz CT molecular complexity index is 1790. The van der Waals surface area contributed by atoms with Gasteiger partial charge in [0, 0.05) is 16.1 Å². The zero-order chi connectivity index (χ0) is 28.6. The van der Waals surface area contributed by atoms with Crippen LogP contribution in [0.4, 0.5) is 0 Å². The fraction of sp³-hybridized carbons (Fsp3) is 0.258. The minimum atomic E-state index is -0.693. The molecule has 0 fully saturated rings. The van der Waals surface area contributed by atoms with Gasteiger partial charge in [0.05, 0.1) is 34.6 Å². The van der Waals surface area contributed by atoms with Crippen LogP contribution in [0, 0.1) is 6.92 Å². The van der Waals surface area contributed by atoms with Crippen LogP contribution < -0.4 is 19.6 Å². The van der Waals surface area contributed by atoms with Crippen LogP contribution >= 0.6 is 27.3 Å². The molecule has 0 unspecified atom stereocenters. The number of esters is 1. The molecule has 9 heteroatoms. The number of thiazole rings is 1. The molecular weight excluding hydrogens is 592 g/mol. The second-order valence-corrected chi connectivity index (χ2v) is 11.6. The van der Waals surface area contributed by atoms with Gasteiger partial charge in [-0.15, -0.1) is 0 Å². The Labute approximate surface area is 244 Å². The Hall–Kier alpha value is -3.69. The highest BCUT2D eigenvalue weighted by molar-refractivity contribution is 9.10. The topological polar surface area (TPSA) is 83.0 Å². The molecule has 0 bridgehead atoms. The SMILES string of the molecule is CCOC(=O)C1=C(C)N=c2s/c(=C\c3ccc(-c4ccc(C)cc4Br)o3)c(=O)n2[C@@H]1c1ccc(OC(C)C)cc1. The highest BCUT2D eigenvalue weighted by Crippen LogP contribution is 2.33. The summed E-state index contributed by atoms with van der Waals surface area (Å²) in [5.41, 5.74) is 3.40. The Balaban J connectivity index is 1.61. The van der Waals surface area contributed by atoms with E-state index in [1.165, 1.54) is 11.3 Å². The van der Waals surface area contributed by atoms with Crippen molar-refractivity contribution in [3.8, 4) is 17.1 Å². The highest BCUT2D eigenvalue weighted by atomic mass is 79.9. The van der Waals surface area contributed by atoms with E-state index in [0.29, 0.717) is 37.9 Å². The molecule has 4 aromatic rings. The number of halogens is 1. The van der Waals surface area contributed by atoms with Crippen molar-refractivity contribution in [2.45, 2.75) is 46.8 Å². The first kappa shape index (κ1) is 27.9. The summed E-state index contributed by atoms with van der Waals surface area (Å²) in [6.07, 6.45) is 1.74. The minimum absolute atomic E-state index is 0.0231. The van der Waals surface area contributed by atoms with Crippen LogP contribution in [0.25, 0.3) is 17.4 Å². The summed E-state index contributed by atoms with van der Waals surface area (Å²) in [5.74, 6) is 1.44. The zero-order valence-corrected chi connectivity index (χ0v) is 25.3. The lowest BCUT2D eigenvalue weighted by Crippen LogP contribution is -2.39. The number of allylic oxidation sites excluding steroid dienone is 1. The van der Waals surface area contributed by atoms with Gasteiger partial charge in [0.2, 0.25) is 0 Å². The molecule has 5 rings (SSSR count). The number of fused-ring (bicyclic) bond motifs is 1. The quantitative estimate of drug-likeness (QED) is 0.240. The molecule has 2 aromatic carbocycles. The first-order chi connectivity index (χ1) is 19.2. The summed E-state index contributed by atoms with van der Waals surface area (Å²) in [6.45, 7) is 9.67. The van der Waals surface area contributed by atoms with E-state index in [1.807, 2.05) is 75.4 Å². The van der Waals surface area contributed by atoms with E-state index < -0.39 is 12.0 Å². The second-order valence-electron chi connectivity index (χ2n) is 9.72. The summed E-state index contributed by atoms with van der Waals surface area (Å²) in [4.78, 5) is 32.1. The lowest BCUT2D eigenvalue weighted by Gasteiger charge is -2.25. The summed E-state index contributed by atoms with van der Waals surface area (Å²) >= 11 is 4.86. The third kappa shape index (κ3) is 5.48. The molecule has 0 amide bonds.